The Morgan fingerprint density at radius 1 is 0.625 bits per heavy atom. The fourth-order valence-electron chi connectivity index (χ4n) is 4.14. The third-order valence-electron chi connectivity index (χ3n) is 5.27. The summed E-state index contributed by atoms with van der Waals surface area (Å²) in [6, 6.07) is 27.0. The molecule has 0 saturated carbocycles. The fourth-order valence-corrected chi connectivity index (χ4v) is 5.37. The maximum atomic E-state index is 2.43. The van der Waals surface area contributed by atoms with Gasteiger partial charge in [0.1, 0.15) is 0 Å². The number of benzene rings is 4. The molecule has 0 fully saturated rings. The van der Waals surface area contributed by atoms with Crippen molar-refractivity contribution in [2.75, 3.05) is 0 Å². The Bertz CT molecular complexity index is 1270. The molecule has 1 aliphatic rings. The molecular weight excluding hydrogens is 308 g/mol. The van der Waals surface area contributed by atoms with E-state index < -0.39 is 0 Å². The molecule has 24 heavy (non-hydrogen) atoms. The van der Waals surface area contributed by atoms with E-state index in [9.17, 15) is 0 Å². The zero-order valence-corrected chi connectivity index (χ0v) is 13.9. The lowest BCUT2D eigenvalue weighted by Gasteiger charge is -2.05. The van der Waals surface area contributed by atoms with Crippen LogP contribution in [0.25, 0.3) is 42.1 Å². The summed E-state index contributed by atoms with van der Waals surface area (Å²) < 4.78 is 2.80. The van der Waals surface area contributed by atoms with E-state index >= 15 is 0 Å². The van der Waals surface area contributed by atoms with E-state index in [0.717, 1.165) is 6.42 Å². The molecule has 4 aromatic carbocycles. The van der Waals surface area contributed by atoms with Crippen LogP contribution < -0.4 is 0 Å². The predicted molar refractivity (Wildman–Crippen MR) is 105 cm³/mol. The van der Waals surface area contributed by atoms with Crippen LogP contribution in [0.5, 0.6) is 0 Å². The molecule has 5 aromatic rings. The monoisotopic (exact) mass is 322 g/mol. The van der Waals surface area contributed by atoms with E-state index in [-0.39, 0.29) is 0 Å². The maximum absolute atomic E-state index is 2.43. The predicted octanol–water partition coefficient (Wildman–Crippen LogP) is 6.78. The molecule has 1 heterocycles. The molecule has 0 radical (unpaired) electrons. The van der Waals surface area contributed by atoms with E-state index in [0.29, 0.717) is 0 Å². The van der Waals surface area contributed by atoms with Gasteiger partial charge in [-0.15, -0.1) is 11.3 Å². The lowest BCUT2D eigenvalue weighted by Crippen LogP contribution is -1.82. The van der Waals surface area contributed by atoms with Gasteiger partial charge < -0.3 is 0 Å². The highest BCUT2D eigenvalue weighted by atomic mass is 32.1. The minimum absolute atomic E-state index is 1.06. The van der Waals surface area contributed by atoms with E-state index in [2.05, 4.69) is 72.8 Å². The van der Waals surface area contributed by atoms with Gasteiger partial charge in [0.2, 0.25) is 0 Å². The van der Waals surface area contributed by atoms with Gasteiger partial charge in [-0.3, -0.25) is 0 Å². The lowest BCUT2D eigenvalue weighted by molar-refractivity contribution is 1.27. The molecular formula is C23H14S. The number of hydrogen-bond acceptors (Lipinski definition) is 1. The molecule has 1 heteroatoms. The number of hydrogen-bond donors (Lipinski definition) is 0. The average Bonchev–Trinajstić information content (AvgIpc) is 3.18. The molecule has 0 unspecified atom stereocenters. The molecule has 0 spiro atoms. The first-order chi connectivity index (χ1) is 11.9. The van der Waals surface area contributed by atoms with E-state index in [1.54, 1.807) is 0 Å². The summed E-state index contributed by atoms with van der Waals surface area (Å²) in [7, 11) is 0. The summed E-state index contributed by atoms with van der Waals surface area (Å²) in [6.07, 6.45) is 1.06. The first kappa shape index (κ1) is 12.7. The molecule has 0 aliphatic heterocycles. The summed E-state index contributed by atoms with van der Waals surface area (Å²) in [6.45, 7) is 0. The topological polar surface area (TPSA) is 0 Å². The van der Waals surface area contributed by atoms with Crippen LogP contribution in [-0.4, -0.2) is 0 Å². The fraction of sp³-hybridized carbons (Fsp3) is 0.0435. The van der Waals surface area contributed by atoms with Crippen LogP contribution in [0.1, 0.15) is 11.1 Å². The third-order valence-corrected chi connectivity index (χ3v) is 6.49. The zero-order chi connectivity index (χ0) is 15.7. The van der Waals surface area contributed by atoms with Crippen LogP contribution in [0, 0.1) is 0 Å². The van der Waals surface area contributed by atoms with Gasteiger partial charge >= 0.3 is 0 Å². The Hall–Kier alpha value is -2.64. The Kier molecular flexibility index (Phi) is 2.37. The highest BCUT2D eigenvalue weighted by molar-refractivity contribution is 7.26. The highest BCUT2D eigenvalue weighted by Crippen LogP contribution is 2.43. The molecule has 0 saturated heterocycles. The van der Waals surface area contributed by atoms with Gasteiger partial charge in [0.25, 0.3) is 0 Å². The summed E-state index contributed by atoms with van der Waals surface area (Å²) in [5.74, 6) is 0. The first-order valence-corrected chi connectivity index (χ1v) is 9.15. The quantitative estimate of drug-likeness (QED) is 0.289. The Balaban J connectivity index is 1.74. The van der Waals surface area contributed by atoms with Gasteiger partial charge in [0.15, 0.2) is 0 Å². The molecule has 0 bridgehead atoms. The van der Waals surface area contributed by atoms with Crippen molar-refractivity contribution in [3.63, 3.8) is 0 Å². The Labute approximate surface area is 144 Å². The molecule has 6 rings (SSSR count). The summed E-state index contributed by atoms with van der Waals surface area (Å²) in [5.41, 5.74) is 5.74. The molecule has 0 amide bonds. The second-order valence-corrected chi connectivity index (χ2v) is 7.66. The Morgan fingerprint density at radius 3 is 2.50 bits per heavy atom. The first-order valence-electron chi connectivity index (χ1n) is 8.34. The van der Waals surface area contributed by atoms with Gasteiger partial charge in [-0.25, -0.2) is 0 Å². The molecule has 1 aliphatic carbocycles. The van der Waals surface area contributed by atoms with Crippen molar-refractivity contribution in [2.24, 2.45) is 0 Å². The van der Waals surface area contributed by atoms with Crippen LogP contribution in [0.3, 0.4) is 0 Å². The van der Waals surface area contributed by atoms with Crippen LogP contribution in [0.4, 0.5) is 0 Å². The van der Waals surface area contributed by atoms with Crippen LogP contribution >= 0.6 is 11.3 Å². The average molecular weight is 322 g/mol. The molecule has 0 nitrogen and oxygen atoms in total. The minimum atomic E-state index is 1.06. The largest absolute Gasteiger partial charge is 0.135 e. The number of rotatable bonds is 0. The van der Waals surface area contributed by atoms with Crippen molar-refractivity contribution in [1.29, 1.82) is 0 Å². The SMILES string of the molecule is c1ccc2c(c1)Cc1cc3c(ccc4c5ccccc5sc34)cc1-2. The maximum Gasteiger partial charge on any atom is 0.0433 e. The number of thiophene rings is 1. The van der Waals surface area contributed by atoms with Gasteiger partial charge in [-0.05, 0) is 57.6 Å². The van der Waals surface area contributed by atoms with Crippen molar-refractivity contribution >= 4 is 42.3 Å². The smallest absolute Gasteiger partial charge is 0.0433 e. The van der Waals surface area contributed by atoms with Crippen LogP contribution in [0.2, 0.25) is 0 Å². The summed E-state index contributed by atoms with van der Waals surface area (Å²) in [4.78, 5) is 0. The van der Waals surface area contributed by atoms with E-state index in [4.69, 9.17) is 0 Å². The zero-order valence-electron chi connectivity index (χ0n) is 13.0. The Morgan fingerprint density at radius 2 is 1.50 bits per heavy atom. The summed E-state index contributed by atoms with van der Waals surface area (Å²) >= 11 is 1.92. The van der Waals surface area contributed by atoms with Crippen molar-refractivity contribution < 1.29 is 0 Å². The van der Waals surface area contributed by atoms with Crippen molar-refractivity contribution in [3.8, 4) is 11.1 Å². The molecule has 0 N–H and O–H groups in total. The van der Waals surface area contributed by atoms with Crippen LogP contribution in [0.15, 0.2) is 72.8 Å². The number of fused-ring (bicyclic) bond motifs is 8. The third kappa shape index (κ3) is 1.58. The van der Waals surface area contributed by atoms with Crippen LogP contribution in [-0.2, 0) is 6.42 Å². The second-order valence-electron chi connectivity index (χ2n) is 6.60. The van der Waals surface area contributed by atoms with Gasteiger partial charge in [-0.2, -0.15) is 0 Å². The second kappa shape index (κ2) is 4.46. The van der Waals surface area contributed by atoms with Gasteiger partial charge in [0.05, 0.1) is 0 Å². The standard InChI is InChI=1S/C23H14S/c1-2-6-17-14(5-1)11-16-13-21-15(12-20(16)17)9-10-19-18-7-3-4-8-22(18)24-23(19)21/h1-10,12-13H,11H2. The van der Waals surface area contributed by atoms with Crippen molar-refractivity contribution in [3.05, 3.63) is 83.9 Å². The van der Waals surface area contributed by atoms with Gasteiger partial charge in [0, 0.05) is 20.2 Å². The normalized spacial score (nSPS) is 12.8. The van der Waals surface area contributed by atoms with Crippen molar-refractivity contribution in [1.82, 2.24) is 0 Å². The molecule has 112 valence electrons. The van der Waals surface area contributed by atoms with Crippen molar-refractivity contribution in [2.45, 2.75) is 6.42 Å². The highest BCUT2D eigenvalue weighted by Gasteiger charge is 2.19. The van der Waals surface area contributed by atoms with Gasteiger partial charge in [-0.1, -0.05) is 54.6 Å². The minimum Gasteiger partial charge on any atom is -0.135 e. The lowest BCUT2D eigenvalue weighted by atomic mass is 9.99. The molecule has 1 aromatic heterocycles. The van der Waals surface area contributed by atoms with E-state index in [1.165, 1.54) is 53.2 Å². The van der Waals surface area contributed by atoms with E-state index in [1.807, 2.05) is 11.3 Å². The molecule has 0 atom stereocenters. The summed E-state index contributed by atoms with van der Waals surface area (Å²) in [5, 5.41) is 5.52.